The molecule has 0 radical (unpaired) electrons. The first kappa shape index (κ1) is 16.0. The molecule has 24 heavy (non-hydrogen) atoms. The number of H-pyrrole nitrogens is 1. The molecule has 2 heterocycles. The van der Waals surface area contributed by atoms with E-state index in [4.69, 9.17) is 4.42 Å². The quantitative estimate of drug-likeness (QED) is 0.754. The van der Waals surface area contributed by atoms with Crippen molar-refractivity contribution in [1.29, 1.82) is 0 Å². The normalized spacial score (nSPS) is 12.2. The fraction of sp³-hybridized carbons (Fsp3) is 0.278. The van der Waals surface area contributed by atoms with E-state index in [0.29, 0.717) is 5.76 Å². The Hall–Kier alpha value is -2.89. The van der Waals surface area contributed by atoms with Crippen LogP contribution in [0.3, 0.4) is 0 Å². The van der Waals surface area contributed by atoms with Crippen LogP contribution in [0.15, 0.2) is 45.9 Å². The Balaban J connectivity index is 1.73. The Labute approximate surface area is 138 Å². The largest absolute Gasteiger partial charge is 0.442 e. The maximum Gasteiger partial charge on any atom is 0.262 e. The molecule has 0 saturated carbocycles. The second kappa shape index (κ2) is 6.70. The van der Waals surface area contributed by atoms with Gasteiger partial charge in [-0.3, -0.25) is 9.59 Å². The van der Waals surface area contributed by atoms with Crippen LogP contribution in [0.4, 0.5) is 0 Å². The van der Waals surface area contributed by atoms with Crippen LogP contribution < -0.4 is 10.9 Å². The minimum absolute atomic E-state index is 0.0298. The molecular formula is C18H19N3O3. The molecule has 3 rings (SSSR count). The van der Waals surface area contributed by atoms with E-state index in [0.717, 1.165) is 12.8 Å². The van der Waals surface area contributed by atoms with E-state index in [2.05, 4.69) is 27.4 Å². The molecular weight excluding hydrogens is 306 g/mol. The zero-order valence-electron chi connectivity index (χ0n) is 13.6. The molecule has 1 aromatic carbocycles. The number of nitrogens with zero attached hydrogens (tertiary/aromatic N) is 1. The summed E-state index contributed by atoms with van der Waals surface area (Å²) in [6.07, 6.45) is 2.94. The van der Waals surface area contributed by atoms with Gasteiger partial charge in [0.05, 0.1) is 11.9 Å². The summed E-state index contributed by atoms with van der Waals surface area (Å²) >= 11 is 0. The minimum atomic E-state index is -0.376. The third-order valence-corrected chi connectivity index (χ3v) is 3.98. The van der Waals surface area contributed by atoms with Crippen LogP contribution in [0.1, 0.15) is 35.0 Å². The molecule has 2 aromatic heterocycles. The van der Waals surface area contributed by atoms with Gasteiger partial charge in [0.2, 0.25) is 5.71 Å². The smallest absolute Gasteiger partial charge is 0.262 e. The fourth-order valence-corrected chi connectivity index (χ4v) is 2.72. The third-order valence-electron chi connectivity index (χ3n) is 3.98. The maximum absolute atomic E-state index is 12.6. The van der Waals surface area contributed by atoms with E-state index in [-0.39, 0.29) is 34.2 Å². The summed E-state index contributed by atoms with van der Waals surface area (Å²) in [4.78, 5) is 31.0. The van der Waals surface area contributed by atoms with Crippen LogP contribution in [-0.4, -0.2) is 21.9 Å². The number of hydrogen-bond donors (Lipinski definition) is 2. The summed E-state index contributed by atoms with van der Waals surface area (Å²) < 4.78 is 5.42. The van der Waals surface area contributed by atoms with Crippen molar-refractivity contribution < 1.29 is 9.21 Å². The number of furan rings is 1. The molecule has 6 nitrogen and oxygen atoms in total. The first-order chi connectivity index (χ1) is 11.6. The number of benzene rings is 1. The molecule has 0 unspecified atom stereocenters. The molecule has 2 N–H and O–H groups in total. The average Bonchev–Trinajstić information content (AvgIpc) is 2.91. The van der Waals surface area contributed by atoms with Gasteiger partial charge in [0.1, 0.15) is 11.1 Å². The molecule has 0 spiro atoms. The van der Waals surface area contributed by atoms with E-state index < -0.39 is 0 Å². The van der Waals surface area contributed by atoms with Crippen molar-refractivity contribution in [3.63, 3.8) is 0 Å². The summed E-state index contributed by atoms with van der Waals surface area (Å²) in [5.41, 5.74) is 1.28. The number of aryl methyl sites for hydroxylation is 2. The van der Waals surface area contributed by atoms with Gasteiger partial charge in [0.15, 0.2) is 0 Å². The molecule has 0 fully saturated rings. The van der Waals surface area contributed by atoms with Gasteiger partial charge in [-0.1, -0.05) is 30.3 Å². The van der Waals surface area contributed by atoms with Gasteiger partial charge in [-0.2, -0.15) is 0 Å². The summed E-state index contributed by atoms with van der Waals surface area (Å²) in [6.45, 7) is 3.60. The van der Waals surface area contributed by atoms with Crippen molar-refractivity contribution in [3.8, 4) is 0 Å². The number of fused-ring (bicyclic) bond motifs is 1. The highest BCUT2D eigenvalue weighted by Crippen LogP contribution is 2.20. The van der Waals surface area contributed by atoms with Crippen molar-refractivity contribution in [3.05, 3.63) is 63.9 Å². The van der Waals surface area contributed by atoms with Crippen molar-refractivity contribution in [2.75, 3.05) is 0 Å². The topological polar surface area (TPSA) is 88.0 Å². The summed E-state index contributed by atoms with van der Waals surface area (Å²) in [5, 5.41) is 3.13. The molecule has 1 amide bonds. The lowest BCUT2D eigenvalue weighted by molar-refractivity contribution is 0.0938. The minimum Gasteiger partial charge on any atom is -0.442 e. The molecule has 6 heteroatoms. The Morgan fingerprint density at radius 1 is 1.33 bits per heavy atom. The number of rotatable bonds is 5. The molecule has 0 aliphatic heterocycles. The number of aromatic nitrogens is 2. The zero-order valence-corrected chi connectivity index (χ0v) is 13.6. The lowest BCUT2D eigenvalue weighted by Crippen LogP contribution is -2.33. The Morgan fingerprint density at radius 2 is 2.08 bits per heavy atom. The third kappa shape index (κ3) is 3.22. The van der Waals surface area contributed by atoms with E-state index in [1.807, 2.05) is 25.1 Å². The number of aromatic amines is 1. The second-order valence-electron chi connectivity index (χ2n) is 5.84. The van der Waals surface area contributed by atoms with Crippen molar-refractivity contribution in [1.82, 2.24) is 15.3 Å². The average molecular weight is 325 g/mol. The molecule has 0 bridgehead atoms. The lowest BCUT2D eigenvalue weighted by atomic mass is 10.1. The first-order valence-electron chi connectivity index (χ1n) is 7.88. The fourth-order valence-electron chi connectivity index (χ4n) is 2.72. The zero-order chi connectivity index (χ0) is 17.1. The number of carbonyl (C=O) groups excluding carboxylic acids is 1. The van der Waals surface area contributed by atoms with Crippen molar-refractivity contribution >= 4 is 17.0 Å². The molecule has 0 aliphatic carbocycles. The predicted molar refractivity (Wildman–Crippen MR) is 91.1 cm³/mol. The van der Waals surface area contributed by atoms with E-state index in [1.165, 1.54) is 11.9 Å². The van der Waals surface area contributed by atoms with Crippen LogP contribution in [0.25, 0.3) is 11.1 Å². The summed E-state index contributed by atoms with van der Waals surface area (Å²) in [6, 6.07) is 10.1. The van der Waals surface area contributed by atoms with Gasteiger partial charge >= 0.3 is 0 Å². The highest BCUT2D eigenvalue weighted by molar-refractivity contribution is 6.06. The second-order valence-corrected chi connectivity index (χ2v) is 5.84. The Morgan fingerprint density at radius 3 is 2.83 bits per heavy atom. The van der Waals surface area contributed by atoms with Gasteiger partial charge in [-0.05, 0) is 32.3 Å². The van der Waals surface area contributed by atoms with Crippen LogP contribution in [0.2, 0.25) is 0 Å². The van der Waals surface area contributed by atoms with E-state index in [9.17, 15) is 9.59 Å². The molecule has 0 saturated heterocycles. The van der Waals surface area contributed by atoms with Crippen LogP contribution in [-0.2, 0) is 6.42 Å². The Bertz CT molecular complexity index is 912. The van der Waals surface area contributed by atoms with Gasteiger partial charge < -0.3 is 14.7 Å². The van der Waals surface area contributed by atoms with Crippen LogP contribution in [0.5, 0.6) is 0 Å². The van der Waals surface area contributed by atoms with Crippen molar-refractivity contribution in [2.24, 2.45) is 0 Å². The summed E-state index contributed by atoms with van der Waals surface area (Å²) in [7, 11) is 0. The van der Waals surface area contributed by atoms with Gasteiger partial charge in [0.25, 0.3) is 11.5 Å². The number of nitrogens with one attached hydrogen (secondary N) is 2. The number of carbonyl (C=O) groups is 1. The highest BCUT2D eigenvalue weighted by Gasteiger charge is 2.22. The predicted octanol–water partition coefficient (Wildman–Crippen LogP) is 2.58. The highest BCUT2D eigenvalue weighted by atomic mass is 16.3. The van der Waals surface area contributed by atoms with E-state index in [1.54, 1.807) is 6.92 Å². The number of amides is 1. The lowest BCUT2D eigenvalue weighted by Gasteiger charge is -2.13. The van der Waals surface area contributed by atoms with Gasteiger partial charge in [0, 0.05) is 6.04 Å². The number of hydrogen-bond acceptors (Lipinski definition) is 4. The van der Waals surface area contributed by atoms with Crippen molar-refractivity contribution in [2.45, 2.75) is 32.7 Å². The molecule has 3 aromatic rings. The monoisotopic (exact) mass is 325 g/mol. The van der Waals surface area contributed by atoms with Crippen LogP contribution in [0, 0.1) is 6.92 Å². The van der Waals surface area contributed by atoms with E-state index >= 15 is 0 Å². The Kier molecular flexibility index (Phi) is 4.46. The van der Waals surface area contributed by atoms with Crippen LogP contribution >= 0.6 is 0 Å². The van der Waals surface area contributed by atoms with Gasteiger partial charge in [-0.25, -0.2) is 4.98 Å². The molecule has 0 aliphatic rings. The van der Waals surface area contributed by atoms with Gasteiger partial charge in [-0.15, -0.1) is 0 Å². The molecule has 124 valence electrons. The maximum atomic E-state index is 12.6. The first-order valence-corrected chi connectivity index (χ1v) is 7.88. The standard InChI is InChI=1S/C18H19N3O3/c1-11(8-9-13-6-4-3-5-7-13)21-17(23)14-12(2)24-18-15(14)16(22)19-10-20-18/h3-7,10-11H,8-9H2,1-2H3,(H,21,23)(H,19,20,22)/t11-/m1/s1. The SMILES string of the molecule is Cc1oc2nc[nH]c(=O)c2c1C(=O)N[C@H](C)CCc1ccccc1. The summed E-state index contributed by atoms with van der Waals surface area (Å²) in [5.74, 6) is 0.0762. The molecule has 1 atom stereocenters.